The Labute approximate surface area is 216 Å². The van der Waals surface area contributed by atoms with Crippen molar-refractivity contribution < 1.29 is 14.0 Å². The van der Waals surface area contributed by atoms with Gasteiger partial charge in [0.15, 0.2) is 10.9 Å². The molecule has 0 saturated heterocycles. The highest BCUT2D eigenvalue weighted by molar-refractivity contribution is 7.80. The van der Waals surface area contributed by atoms with Gasteiger partial charge >= 0.3 is 0 Å². The van der Waals surface area contributed by atoms with E-state index in [9.17, 15) is 9.59 Å². The van der Waals surface area contributed by atoms with Crippen molar-refractivity contribution in [3.05, 3.63) is 99.7 Å². The van der Waals surface area contributed by atoms with Crippen LogP contribution in [0.4, 0.5) is 11.4 Å². The Hall–Kier alpha value is -3.65. The number of benzene rings is 3. The average molecular weight is 524 g/mol. The van der Waals surface area contributed by atoms with Crippen molar-refractivity contribution in [3.8, 4) is 0 Å². The average Bonchev–Trinajstić information content (AvgIpc) is 3.25. The van der Waals surface area contributed by atoms with E-state index in [-0.39, 0.29) is 16.8 Å². The van der Waals surface area contributed by atoms with Crippen molar-refractivity contribution in [2.24, 2.45) is 0 Å². The maximum atomic E-state index is 12.6. The SMILES string of the molecule is Cc1cc(NC(=S)NC(=O)/C=C/c2ccc(Cl)cc2Cl)ccc1NC(=O)c1cc2ccccc2o1. The zero-order valence-electron chi connectivity index (χ0n) is 18.4. The minimum Gasteiger partial charge on any atom is -0.451 e. The molecule has 4 rings (SSSR count). The van der Waals surface area contributed by atoms with Crippen molar-refractivity contribution in [3.63, 3.8) is 0 Å². The standard InChI is InChI=1S/C26H19Cl2N3O3S/c1-15-12-19(29-26(35)31-24(32)11-7-16-6-8-18(27)14-20(16)28)9-10-21(15)30-25(33)23-13-17-4-2-3-5-22(17)34-23/h2-14H,1H3,(H,30,33)(H2,29,31,32,35)/b11-7+. The van der Waals surface area contributed by atoms with E-state index in [0.717, 1.165) is 10.9 Å². The topological polar surface area (TPSA) is 83.4 Å². The van der Waals surface area contributed by atoms with E-state index in [4.69, 9.17) is 39.8 Å². The van der Waals surface area contributed by atoms with E-state index in [1.54, 1.807) is 48.5 Å². The Morgan fingerprint density at radius 2 is 1.77 bits per heavy atom. The van der Waals surface area contributed by atoms with Gasteiger partial charge < -0.3 is 15.1 Å². The molecule has 176 valence electrons. The van der Waals surface area contributed by atoms with Gasteiger partial charge in [-0.2, -0.15) is 0 Å². The number of anilines is 2. The number of hydrogen-bond acceptors (Lipinski definition) is 4. The van der Waals surface area contributed by atoms with Gasteiger partial charge in [-0.3, -0.25) is 14.9 Å². The van der Waals surface area contributed by atoms with Crippen LogP contribution in [0.5, 0.6) is 0 Å². The summed E-state index contributed by atoms with van der Waals surface area (Å²) in [5, 5.41) is 10.3. The number of halogens is 2. The third kappa shape index (κ3) is 6.27. The van der Waals surface area contributed by atoms with Crippen LogP contribution in [-0.4, -0.2) is 16.9 Å². The predicted octanol–water partition coefficient (Wildman–Crippen LogP) is 6.83. The van der Waals surface area contributed by atoms with Gasteiger partial charge in [-0.1, -0.05) is 47.5 Å². The van der Waals surface area contributed by atoms with Crippen LogP contribution in [0, 0.1) is 6.92 Å². The number of furan rings is 1. The minimum atomic E-state index is -0.417. The summed E-state index contributed by atoms with van der Waals surface area (Å²) in [5.41, 5.74) is 3.38. The Kier molecular flexibility index (Phi) is 7.51. The first kappa shape index (κ1) is 24.5. The number of carbonyl (C=O) groups is 2. The highest BCUT2D eigenvalue weighted by atomic mass is 35.5. The molecule has 1 aromatic heterocycles. The van der Waals surface area contributed by atoms with E-state index < -0.39 is 5.91 Å². The lowest BCUT2D eigenvalue weighted by Crippen LogP contribution is -2.32. The second-order valence-electron chi connectivity index (χ2n) is 7.57. The maximum Gasteiger partial charge on any atom is 0.291 e. The fourth-order valence-electron chi connectivity index (χ4n) is 3.28. The fraction of sp³-hybridized carbons (Fsp3) is 0.0385. The molecule has 3 aromatic carbocycles. The van der Waals surface area contributed by atoms with Crippen molar-refractivity contribution in [1.82, 2.24) is 5.32 Å². The summed E-state index contributed by atoms with van der Waals surface area (Å²) < 4.78 is 5.61. The van der Waals surface area contributed by atoms with Crippen LogP contribution in [0.25, 0.3) is 17.0 Å². The summed E-state index contributed by atoms with van der Waals surface area (Å²) in [6, 6.07) is 19.4. The summed E-state index contributed by atoms with van der Waals surface area (Å²) in [5.74, 6) is -0.537. The summed E-state index contributed by atoms with van der Waals surface area (Å²) in [4.78, 5) is 24.8. The van der Waals surface area contributed by atoms with Crippen LogP contribution < -0.4 is 16.0 Å². The molecule has 4 aromatic rings. The van der Waals surface area contributed by atoms with E-state index in [1.807, 2.05) is 31.2 Å². The molecule has 9 heteroatoms. The number of hydrogen-bond donors (Lipinski definition) is 3. The molecular weight excluding hydrogens is 505 g/mol. The monoisotopic (exact) mass is 523 g/mol. The molecule has 0 saturated carbocycles. The van der Waals surface area contributed by atoms with Crippen LogP contribution in [-0.2, 0) is 4.79 Å². The molecule has 0 atom stereocenters. The third-order valence-corrected chi connectivity index (χ3v) is 5.76. The van der Waals surface area contributed by atoms with Gasteiger partial charge in [-0.15, -0.1) is 0 Å². The molecule has 6 nitrogen and oxygen atoms in total. The molecule has 35 heavy (non-hydrogen) atoms. The first-order chi connectivity index (χ1) is 16.8. The fourth-order valence-corrected chi connectivity index (χ4v) is 3.97. The van der Waals surface area contributed by atoms with Gasteiger partial charge in [0, 0.05) is 32.9 Å². The largest absolute Gasteiger partial charge is 0.451 e. The quantitative estimate of drug-likeness (QED) is 0.197. The number of amides is 2. The number of rotatable bonds is 5. The summed E-state index contributed by atoms with van der Waals surface area (Å²) in [7, 11) is 0. The van der Waals surface area contributed by atoms with Gasteiger partial charge in [0.1, 0.15) is 5.58 Å². The summed E-state index contributed by atoms with van der Waals surface area (Å²) >= 11 is 17.2. The van der Waals surface area contributed by atoms with Crippen molar-refractivity contribution in [1.29, 1.82) is 0 Å². The van der Waals surface area contributed by atoms with Crippen LogP contribution in [0.1, 0.15) is 21.7 Å². The van der Waals surface area contributed by atoms with Crippen molar-refractivity contribution in [2.45, 2.75) is 6.92 Å². The summed E-state index contributed by atoms with van der Waals surface area (Å²) in [6.07, 6.45) is 2.89. The first-order valence-corrected chi connectivity index (χ1v) is 11.6. The molecule has 0 fully saturated rings. The van der Waals surface area contributed by atoms with Crippen LogP contribution in [0.3, 0.4) is 0 Å². The molecule has 0 aliphatic carbocycles. The highest BCUT2D eigenvalue weighted by Crippen LogP contribution is 2.24. The van der Waals surface area contributed by atoms with Crippen LogP contribution in [0.2, 0.25) is 10.0 Å². The van der Waals surface area contributed by atoms with Crippen LogP contribution >= 0.6 is 35.4 Å². The van der Waals surface area contributed by atoms with Gasteiger partial charge in [-0.05, 0) is 78.8 Å². The number of nitrogens with one attached hydrogen (secondary N) is 3. The molecule has 0 aliphatic rings. The number of thiocarbonyl (C=S) groups is 1. The zero-order valence-corrected chi connectivity index (χ0v) is 20.7. The molecule has 2 amide bonds. The predicted molar refractivity (Wildman–Crippen MR) is 145 cm³/mol. The van der Waals surface area contributed by atoms with Gasteiger partial charge in [0.2, 0.25) is 5.91 Å². The molecular formula is C26H19Cl2N3O3S. The van der Waals surface area contributed by atoms with Gasteiger partial charge in [0.05, 0.1) is 0 Å². The Morgan fingerprint density at radius 3 is 2.51 bits per heavy atom. The smallest absolute Gasteiger partial charge is 0.291 e. The first-order valence-electron chi connectivity index (χ1n) is 10.4. The van der Waals surface area contributed by atoms with Gasteiger partial charge in [0.25, 0.3) is 5.91 Å². The molecule has 3 N–H and O–H groups in total. The lowest BCUT2D eigenvalue weighted by molar-refractivity contribution is -0.115. The normalized spacial score (nSPS) is 10.9. The Balaban J connectivity index is 1.34. The minimum absolute atomic E-state index is 0.125. The molecule has 0 bridgehead atoms. The van der Waals surface area contributed by atoms with E-state index >= 15 is 0 Å². The molecule has 0 spiro atoms. The van der Waals surface area contributed by atoms with Gasteiger partial charge in [-0.25, -0.2) is 0 Å². The number of para-hydroxylation sites is 1. The lowest BCUT2D eigenvalue weighted by Gasteiger charge is -2.12. The number of fused-ring (bicyclic) bond motifs is 1. The van der Waals surface area contributed by atoms with E-state index in [1.165, 1.54) is 6.08 Å². The van der Waals surface area contributed by atoms with E-state index in [2.05, 4.69) is 16.0 Å². The maximum absolute atomic E-state index is 12.6. The number of aryl methyl sites for hydroxylation is 1. The second-order valence-corrected chi connectivity index (χ2v) is 8.83. The zero-order chi connectivity index (χ0) is 24.9. The molecule has 0 unspecified atom stereocenters. The Morgan fingerprint density at radius 1 is 0.971 bits per heavy atom. The van der Waals surface area contributed by atoms with E-state index in [0.29, 0.717) is 32.6 Å². The number of carbonyl (C=O) groups excluding carboxylic acids is 2. The lowest BCUT2D eigenvalue weighted by atomic mass is 10.1. The van der Waals surface area contributed by atoms with Crippen molar-refractivity contribution in [2.75, 3.05) is 10.6 Å². The van der Waals surface area contributed by atoms with Crippen molar-refractivity contribution >= 4 is 80.8 Å². The molecule has 0 aliphatic heterocycles. The molecule has 0 radical (unpaired) electrons. The highest BCUT2D eigenvalue weighted by Gasteiger charge is 2.14. The van der Waals surface area contributed by atoms with Crippen LogP contribution in [0.15, 0.2) is 77.2 Å². The second kappa shape index (κ2) is 10.7. The third-order valence-electron chi connectivity index (χ3n) is 5.00. The molecule has 1 heterocycles. The Bertz CT molecular complexity index is 1450. The summed E-state index contributed by atoms with van der Waals surface area (Å²) in [6.45, 7) is 1.85.